The van der Waals surface area contributed by atoms with Crippen LogP contribution >= 0.6 is 0 Å². The van der Waals surface area contributed by atoms with Crippen LogP contribution in [-0.2, 0) is 9.53 Å². The van der Waals surface area contributed by atoms with Gasteiger partial charge in [0.2, 0.25) is 0 Å². The third-order valence-corrected chi connectivity index (χ3v) is 5.16. The van der Waals surface area contributed by atoms with Crippen molar-refractivity contribution in [3.8, 4) is 0 Å². The average Bonchev–Trinajstić information content (AvgIpc) is 3.06. The summed E-state index contributed by atoms with van der Waals surface area (Å²) in [5.74, 6) is 0.781. The summed E-state index contributed by atoms with van der Waals surface area (Å²) in [6.45, 7) is 7.44. The van der Waals surface area contributed by atoms with Gasteiger partial charge in [0.25, 0.3) is 5.91 Å². The van der Waals surface area contributed by atoms with E-state index < -0.39 is 0 Å². The molecule has 0 spiro atoms. The van der Waals surface area contributed by atoms with E-state index in [1.807, 2.05) is 11.0 Å². The van der Waals surface area contributed by atoms with Crippen LogP contribution in [0, 0.1) is 5.92 Å². The van der Waals surface area contributed by atoms with Gasteiger partial charge >= 0.3 is 0 Å². The van der Waals surface area contributed by atoms with E-state index in [-0.39, 0.29) is 12.0 Å². The number of likely N-dealkylation sites (N-methyl/N-ethyl adjacent to an activating group) is 1. The Kier molecular flexibility index (Phi) is 5.30. The number of hydrogen-bond donors (Lipinski definition) is 1. The van der Waals surface area contributed by atoms with E-state index in [9.17, 15) is 4.79 Å². The molecular formula is C18H27N3O2. The Morgan fingerprint density at radius 1 is 1.26 bits per heavy atom. The number of likely N-dealkylation sites (tertiary alicyclic amines) is 1. The molecule has 0 bridgehead atoms. The highest BCUT2D eigenvalue weighted by atomic mass is 16.5. The van der Waals surface area contributed by atoms with Crippen molar-refractivity contribution in [1.82, 2.24) is 9.80 Å². The predicted molar refractivity (Wildman–Crippen MR) is 90.2 cm³/mol. The lowest BCUT2D eigenvalue weighted by molar-refractivity contribution is -0.148. The number of nitrogens with two attached hydrogens (primary N) is 1. The minimum Gasteiger partial charge on any atom is -0.366 e. The van der Waals surface area contributed by atoms with Gasteiger partial charge in [-0.2, -0.15) is 0 Å². The molecule has 2 heterocycles. The Labute approximate surface area is 138 Å². The number of rotatable bonds is 4. The maximum Gasteiger partial charge on any atom is 0.253 e. The van der Waals surface area contributed by atoms with Crippen LogP contribution in [0.25, 0.3) is 0 Å². The quantitative estimate of drug-likeness (QED) is 0.897. The lowest BCUT2D eigenvalue weighted by Gasteiger charge is -2.33. The van der Waals surface area contributed by atoms with Crippen LogP contribution in [0.15, 0.2) is 30.3 Å². The number of ether oxygens (including phenoxy) is 1. The van der Waals surface area contributed by atoms with Gasteiger partial charge < -0.3 is 15.4 Å². The molecule has 5 heteroatoms. The maximum atomic E-state index is 12.8. The van der Waals surface area contributed by atoms with Crippen LogP contribution in [0.3, 0.4) is 0 Å². The van der Waals surface area contributed by atoms with Crippen molar-refractivity contribution in [2.24, 2.45) is 11.7 Å². The summed E-state index contributed by atoms with van der Waals surface area (Å²) >= 11 is 0. The van der Waals surface area contributed by atoms with E-state index in [4.69, 9.17) is 10.5 Å². The predicted octanol–water partition coefficient (Wildman–Crippen LogP) is 0.908. The number of nitrogens with zero attached hydrogens (tertiary/aromatic N) is 2. The molecule has 2 aliphatic rings. The van der Waals surface area contributed by atoms with Crippen molar-refractivity contribution in [2.45, 2.75) is 18.9 Å². The number of carbonyl (C=O) groups is 1. The second-order valence-electron chi connectivity index (χ2n) is 6.51. The van der Waals surface area contributed by atoms with E-state index in [0.29, 0.717) is 31.5 Å². The Morgan fingerprint density at radius 2 is 2.04 bits per heavy atom. The fraction of sp³-hybridized carbons (Fsp3) is 0.611. The van der Waals surface area contributed by atoms with Gasteiger partial charge in [0.1, 0.15) is 6.10 Å². The normalized spacial score (nSPS) is 29.0. The molecule has 126 valence electrons. The van der Waals surface area contributed by atoms with Crippen molar-refractivity contribution in [2.75, 3.05) is 45.9 Å². The molecule has 0 aromatic heterocycles. The maximum absolute atomic E-state index is 12.8. The van der Waals surface area contributed by atoms with E-state index in [1.54, 1.807) is 0 Å². The average molecular weight is 317 g/mol. The highest BCUT2D eigenvalue weighted by Crippen LogP contribution is 2.32. The molecule has 23 heavy (non-hydrogen) atoms. The second kappa shape index (κ2) is 7.43. The zero-order valence-corrected chi connectivity index (χ0v) is 13.9. The van der Waals surface area contributed by atoms with Crippen LogP contribution in [0.5, 0.6) is 0 Å². The first kappa shape index (κ1) is 16.4. The van der Waals surface area contributed by atoms with Crippen LogP contribution in [0.1, 0.15) is 18.4 Å². The Bertz CT molecular complexity index is 522. The van der Waals surface area contributed by atoms with Gasteiger partial charge in [-0.1, -0.05) is 37.3 Å². The molecular weight excluding hydrogens is 290 g/mol. The van der Waals surface area contributed by atoms with Crippen molar-refractivity contribution in [3.63, 3.8) is 0 Å². The first-order valence-corrected chi connectivity index (χ1v) is 8.60. The van der Waals surface area contributed by atoms with Gasteiger partial charge in [0, 0.05) is 32.1 Å². The largest absolute Gasteiger partial charge is 0.366 e. The van der Waals surface area contributed by atoms with Crippen molar-refractivity contribution < 1.29 is 9.53 Å². The van der Waals surface area contributed by atoms with Gasteiger partial charge in [-0.25, -0.2) is 0 Å². The lowest BCUT2D eigenvalue weighted by atomic mass is 9.89. The van der Waals surface area contributed by atoms with Crippen molar-refractivity contribution in [3.05, 3.63) is 35.9 Å². The van der Waals surface area contributed by atoms with Gasteiger partial charge in [-0.05, 0) is 24.6 Å². The first-order chi connectivity index (χ1) is 11.2. The van der Waals surface area contributed by atoms with E-state index >= 15 is 0 Å². The second-order valence-corrected chi connectivity index (χ2v) is 6.51. The molecule has 1 aromatic carbocycles. The molecule has 1 aromatic rings. The molecule has 2 saturated heterocycles. The molecule has 1 amide bonds. The monoisotopic (exact) mass is 317 g/mol. The Hall–Kier alpha value is -1.43. The van der Waals surface area contributed by atoms with Crippen molar-refractivity contribution in [1.29, 1.82) is 0 Å². The number of benzene rings is 1. The van der Waals surface area contributed by atoms with Gasteiger partial charge in [0.05, 0.1) is 6.61 Å². The summed E-state index contributed by atoms with van der Waals surface area (Å²) in [4.78, 5) is 17.1. The third kappa shape index (κ3) is 3.57. The molecule has 0 saturated carbocycles. The lowest BCUT2D eigenvalue weighted by Crippen LogP contribution is -2.50. The van der Waals surface area contributed by atoms with Crippen LogP contribution in [0.4, 0.5) is 0 Å². The highest BCUT2D eigenvalue weighted by molar-refractivity contribution is 5.81. The number of morpholine rings is 1. The topological polar surface area (TPSA) is 58.8 Å². The smallest absolute Gasteiger partial charge is 0.253 e. The molecule has 0 radical (unpaired) electrons. The summed E-state index contributed by atoms with van der Waals surface area (Å²) in [7, 11) is 0. The summed E-state index contributed by atoms with van der Waals surface area (Å²) in [5.41, 5.74) is 7.24. The van der Waals surface area contributed by atoms with Crippen LogP contribution in [0.2, 0.25) is 0 Å². The standard InChI is InChI=1S/C18H27N3O2/c1-2-20-8-9-23-17(13-20)18(22)21-11-15(10-19)16(12-21)14-6-4-3-5-7-14/h3-7,15-17H,2,8-13,19H2,1H3/t15-,16+,17?/m1/s1. The molecule has 1 unspecified atom stereocenters. The van der Waals surface area contributed by atoms with Crippen LogP contribution < -0.4 is 5.73 Å². The zero-order valence-electron chi connectivity index (χ0n) is 13.9. The minimum atomic E-state index is -0.323. The Balaban J connectivity index is 1.68. The summed E-state index contributed by atoms with van der Waals surface area (Å²) in [6, 6.07) is 10.4. The SMILES string of the molecule is CCN1CCOC(C(=O)N2C[C@@H](CN)[C@H](c3ccccc3)C2)C1. The zero-order chi connectivity index (χ0) is 16.2. The van der Waals surface area contributed by atoms with Gasteiger partial charge in [0.15, 0.2) is 0 Å². The molecule has 3 atom stereocenters. The van der Waals surface area contributed by atoms with Gasteiger partial charge in [-0.3, -0.25) is 9.69 Å². The fourth-order valence-electron chi connectivity index (χ4n) is 3.71. The number of hydrogen-bond acceptors (Lipinski definition) is 4. The molecule has 0 aliphatic carbocycles. The Morgan fingerprint density at radius 3 is 2.74 bits per heavy atom. The third-order valence-electron chi connectivity index (χ3n) is 5.16. The molecule has 2 aliphatic heterocycles. The summed E-state index contributed by atoms with van der Waals surface area (Å²) in [6.07, 6.45) is -0.323. The number of carbonyl (C=O) groups excluding carboxylic acids is 1. The molecule has 2 fully saturated rings. The van der Waals surface area contributed by atoms with Crippen LogP contribution in [-0.4, -0.2) is 67.7 Å². The van der Waals surface area contributed by atoms with E-state index in [2.05, 4.69) is 36.1 Å². The highest BCUT2D eigenvalue weighted by Gasteiger charge is 2.38. The van der Waals surface area contributed by atoms with E-state index in [0.717, 1.165) is 26.2 Å². The van der Waals surface area contributed by atoms with Crippen molar-refractivity contribution >= 4 is 5.91 Å². The fourth-order valence-corrected chi connectivity index (χ4v) is 3.71. The first-order valence-electron chi connectivity index (χ1n) is 8.60. The minimum absolute atomic E-state index is 0.125. The molecule has 2 N–H and O–H groups in total. The van der Waals surface area contributed by atoms with Gasteiger partial charge in [-0.15, -0.1) is 0 Å². The summed E-state index contributed by atoms with van der Waals surface area (Å²) in [5, 5.41) is 0. The molecule has 3 rings (SSSR count). The molecule has 5 nitrogen and oxygen atoms in total. The number of amides is 1. The summed E-state index contributed by atoms with van der Waals surface area (Å²) < 4.78 is 5.73. The van der Waals surface area contributed by atoms with E-state index in [1.165, 1.54) is 5.56 Å².